The summed E-state index contributed by atoms with van der Waals surface area (Å²) in [5, 5.41) is 10.2. The smallest absolute Gasteiger partial charge is 0.408 e. The first kappa shape index (κ1) is 15.3. The van der Waals surface area contributed by atoms with Gasteiger partial charge in [0, 0.05) is 10.6 Å². The summed E-state index contributed by atoms with van der Waals surface area (Å²) < 4.78 is 5.10. The number of benzene rings is 1. The van der Waals surface area contributed by atoms with E-state index in [0.29, 0.717) is 17.0 Å². The number of thiocarbonyl (C=S) groups is 1. The molecule has 0 bridgehead atoms. The molecule has 1 rings (SSSR count). The molecular weight excluding hydrogens is 260 g/mol. The number of nitrogens with one attached hydrogen (secondary N) is 2. The Hall–Kier alpha value is -1.75. The van der Waals surface area contributed by atoms with Crippen molar-refractivity contribution < 1.29 is 9.53 Å². The zero-order valence-electron chi connectivity index (χ0n) is 11.1. The van der Waals surface area contributed by atoms with Crippen molar-refractivity contribution >= 4 is 28.9 Å². The number of hydrogen-bond acceptors (Lipinski definition) is 4. The summed E-state index contributed by atoms with van der Waals surface area (Å²) >= 11 is 5.14. The Morgan fingerprint density at radius 2 is 2.05 bits per heavy atom. The molecule has 0 aliphatic rings. The van der Waals surface area contributed by atoms with Gasteiger partial charge in [-0.05, 0) is 18.9 Å². The second kappa shape index (κ2) is 7.63. The molecule has 5 heteroatoms. The van der Waals surface area contributed by atoms with Crippen molar-refractivity contribution in [1.29, 1.82) is 5.41 Å². The number of hydrogen-bond donors (Lipinski definition) is 2. The minimum atomic E-state index is -0.559. The van der Waals surface area contributed by atoms with Gasteiger partial charge in [0.05, 0.1) is 0 Å². The van der Waals surface area contributed by atoms with Gasteiger partial charge in [0.15, 0.2) is 0 Å². The average Bonchev–Trinajstić information content (AvgIpc) is 2.42. The van der Waals surface area contributed by atoms with Gasteiger partial charge in [-0.15, -0.1) is 0 Å². The second-order valence-electron chi connectivity index (χ2n) is 4.14. The summed E-state index contributed by atoms with van der Waals surface area (Å²) in [6.45, 7) is 3.72. The number of carbonyl (C=O) groups is 1. The number of ether oxygens (including phenoxy) is 1. The highest BCUT2D eigenvalue weighted by molar-refractivity contribution is 7.80. The summed E-state index contributed by atoms with van der Waals surface area (Å²) in [4.78, 5) is 12.3. The fourth-order valence-corrected chi connectivity index (χ4v) is 1.75. The van der Waals surface area contributed by atoms with Gasteiger partial charge in [-0.25, -0.2) is 4.79 Å². The molecular formula is C14H18N2O2S. The summed E-state index contributed by atoms with van der Waals surface area (Å²) in [5.41, 5.74) is 1.22. The third kappa shape index (κ3) is 5.18. The quantitative estimate of drug-likeness (QED) is 0.621. The Morgan fingerprint density at radius 1 is 1.42 bits per heavy atom. The molecule has 0 saturated heterocycles. The van der Waals surface area contributed by atoms with Gasteiger partial charge >= 0.3 is 6.09 Å². The lowest BCUT2D eigenvalue weighted by Crippen LogP contribution is -2.44. The van der Waals surface area contributed by atoms with Crippen LogP contribution in [-0.4, -0.2) is 22.7 Å². The molecule has 19 heavy (non-hydrogen) atoms. The Balaban J connectivity index is 2.49. The normalized spacial score (nSPS) is 11.5. The van der Waals surface area contributed by atoms with E-state index in [1.165, 1.54) is 0 Å². The summed E-state index contributed by atoms with van der Waals surface area (Å²) in [6.07, 6.45) is 0.0751. The van der Waals surface area contributed by atoms with E-state index < -0.39 is 12.1 Å². The van der Waals surface area contributed by atoms with Gasteiger partial charge in [-0.3, -0.25) is 0 Å². The van der Waals surface area contributed by atoms with E-state index >= 15 is 0 Å². The van der Waals surface area contributed by atoms with Crippen molar-refractivity contribution in [3.05, 3.63) is 35.9 Å². The highest BCUT2D eigenvalue weighted by atomic mass is 32.1. The van der Waals surface area contributed by atoms with Crippen LogP contribution >= 0.6 is 12.2 Å². The standard InChI is InChI=1S/C14H18N2O2S/c1-3-12(19)13(10(2)15)16-14(17)18-9-11-7-5-4-6-8-11/h4-8,13,15H,3,9H2,1-2H3,(H,16,17). The number of alkyl carbamates (subject to hydrolysis) is 1. The van der Waals surface area contributed by atoms with Crippen molar-refractivity contribution in [2.24, 2.45) is 0 Å². The predicted octanol–water partition coefficient (Wildman–Crippen LogP) is 3.10. The van der Waals surface area contributed by atoms with E-state index in [9.17, 15) is 4.79 Å². The molecule has 1 aromatic carbocycles. The van der Waals surface area contributed by atoms with Gasteiger partial charge < -0.3 is 15.5 Å². The fraction of sp³-hybridized carbons (Fsp3) is 0.357. The zero-order valence-corrected chi connectivity index (χ0v) is 11.9. The van der Waals surface area contributed by atoms with Crippen molar-refractivity contribution in [2.45, 2.75) is 32.9 Å². The van der Waals surface area contributed by atoms with Crippen LogP contribution in [0.25, 0.3) is 0 Å². The van der Waals surface area contributed by atoms with Crippen LogP contribution in [0, 0.1) is 5.41 Å². The maximum absolute atomic E-state index is 11.7. The fourth-order valence-electron chi connectivity index (χ4n) is 1.52. The maximum Gasteiger partial charge on any atom is 0.408 e. The van der Waals surface area contributed by atoms with Crippen LogP contribution in [-0.2, 0) is 11.3 Å². The van der Waals surface area contributed by atoms with Crippen molar-refractivity contribution in [3.8, 4) is 0 Å². The van der Waals surface area contributed by atoms with Crippen molar-refractivity contribution in [3.63, 3.8) is 0 Å². The van der Waals surface area contributed by atoms with Gasteiger partial charge in [0.2, 0.25) is 0 Å². The van der Waals surface area contributed by atoms with E-state index in [2.05, 4.69) is 5.32 Å². The molecule has 0 heterocycles. The van der Waals surface area contributed by atoms with Gasteiger partial charge in [0.1, 0.15) is 12.6 Å². The lowest BCUT2D eigenvalue weighted by atomic mass is 10.1. The molecule has 1 amide bonds. The predicted molar refractivity (Wildman–Crippen MR) is 79.8 cm³/mol. The van der Waals surface area contributed by atoms with Crippen LogP contribution in [0.2, 0.25) is 0 Å². The van der Waals surface area contributed by atoms with Crippen LogP contribution in [0.3, 0.4) is 0 Å². The van der Waals surface area contributed by atoms with Gasteiger partial charge in [-0.1, -0.05) is 49.5 Å². The first-order valence-corrected chi connectivity index (χ1v) is 6.50. The molecule has 2 N–H and O–H groups in total. The molecule has 0 aromatic heterocycles. The van der Waals surface area contributed by atoms with E-state index in [0.717, 1.165) is 5.56 Å². The van der Waals surface area contributed by atoms with Crippen molar-refractivity contribution in [2.75, 3.05) is 0 Å². The molecule has 0 spiro atoms. The van der Waals surface area contributed by atoms with E-state index in [1.54, 1.807) is 6.92 Å². The highest BCUT2D eigenvalue weighted by Gasteiger charge is 2.18. The third-order valence-corrected chi connectivity index (χ3v) is 3.10. The second-order valence-corrected chi connectivity index (χ2v) is 4.67. The molecule has 1 unspecified atom stereocenters. The van der Waals surface area contributed by atoms with E-state index in [1.807, 2.05) is 37.3 Å². The summed E-state index contributed by atoms with van der Waals surface area (Å²) in [5.74, 6) is 0. The molecule has 4 nitrogen and oxygen atoms in total. The van der Waals surface area contributed by atoms with Crippen LogP contribution < -0.4 is 5.32 Å². The van der Waals surface area contributed by atoms with Crippen LogP contribution in [0.1, 0.15) is 25.8 Å². The molecule has 0 aliphatic heterocycles. The van der Waals surface area contributed by atoms with E-state index in [-0.39, 0.29) is 6.61 Å². The van der Waals surface area contributed by atoms with Crippen molar-refractivity contribution in [1.82, 2.24) is 5.32 Å². The molecule has 0 fully saturated rings. The topological polar surface area (TPSA) is 62.2 Å². The lowest BCUT2D eigenvalue weighted by molar-refractivity contribution is 0.140. The van der Waals surface area contributed by atoms with E-state index in [4.69, 9.17) is 22.4 Å². The lowest BCUT2D eigenvalue weighted by Gasteiger charge is -2.17. The Bertz CT molecular complexity index is 460. The molecule has 0 aliphatic carbocycles. The molecule has 0 radical (unpaired) electrons. The first-order chi connectivity index (χ1) is 9.04. The Kier molecular flexibility index (Phi) is 6.15. The summed E-state index contributed by atoms with van der Waals surface area (Å²) in [7, 11) is 0. The third-order valence-electron chi connectivity index (χ3n) is 2.58. The monoisotopic (exact) mass is 278 g/mol. The van der Waals surface area contributed by atoms with Gasteiger partial charge in [0.25, 0.3) is 0 Å². The maximum atomic E-state index is 11.7. The number of rotatable bonds is 6. The molecule has 1 aromatic rings. The zero-order chi connectivity index (χ0) is 14.3. The number of amides is 1. The summed E-state index contributed by atoms with van der Waals surface area (Å²) in [6, 6.07) is 8.90. The van der Waals surface area contributed by atoms with Crippen LogP contribution in [0.4, 0.5) is 4.79 Å². The first-order valence-electron chi connectivity index (χ1n) is 6.09. The molecule has 1 atom stereocenters. The minimum Gasteiger partial charge on any atom is -0.445 e. The molecule has 102 valence electrons. The van der Waals surface area contributed by atoms with Gasteiger partial charge in [-0.2, -0.15) is 0 Å². The Morgan fingerprint density at radius 3 is 2.58 bits per heavy atom. The minimum absolute atomic E-state index is 0.204. The SMILES string of the molecule is CCC(=S)C(NC(=O)OCc1ccccc1)C(C)=N. The highest BCUT2D eigenvalue weighted by Crippen LogP contribution is 2.02. The van der Waals surface area contributed by atoms with Crippen LogP contribution in [0.15, 0.2) is 30.3 Å². The number of carbonyl (C=O) groups excluding carboxylic acids is 1. The Labute approximate surface area is 118 Å². The largest absolute Gasteiger partial charge is 0.445 e. The van der Waals surface area contributed by atoms with Crippen LogP contribution in [0.5, 0.6) is 0 Å². The average molecular weight is 278 g/mol. The molecule has 0 saturated carbocycles.